The first-order valence-corrected chi connectivity index (χ1v) is 4.90. The van der Waals surface area contributed by atoms with Crippen LogP contribution in [0.15, 0.2) is 47.5 Å². The monoisotopic (exact) mass is 200 g/mol. The van der Waals surface area contributed by atoms with Gasteiger partial charge in [0.25, 0.3) is 0 Å². The van der Waals surface area contributed by atoms with Crippen LogP contribution < -0.4 is 5.32 Å². The van der Waals surface area contributed by atoms with Crippen molar-refractivity contribution in [2.45, 2.75) is 12.5 Å². The molecule has 0 spiro atoms. The van der Waals surface area contributed by atoms with Crippen molar-refractivity contribution in [3.8, 4) is 0 Å². The van der Waals surface area contributed by atoms with E-state index in [0.717, 1.165) is 5.69 Å². The van der Waals surface area contributed by atoms with Crippen LogP contribution in [-0.4, -0.2) is 18.2 Å². The zero-order valence-electron chi connectivity index (χ0n) is 8.26. The van der Waals surface area contributed by atoms with E-state index in [2.05, 4.69) is 10.3 Å². The van der Waals surface area contributed by atoms with Gasteiger partial charge in [-0.3, -0.25) is 9.79 Å². The van der Waals surface area contributed by atoms with Gasteiger partial charge in [0, 0.05) is 11.9 Å². The van der Waals surface area contributed by atoms with Gasteiger partial charge in [0.1, 0.15) is 6.04 Å². The molecule has 2 rings (SSSR count). The molecule has 1 unspecified atom stereocenters. The minimum absolute atomic E-state index is 0.0539. The molecule has 1 amide bonds. The summed E-state index contributed by atoms with van der Waals surface area (Å²) in [5.74, 6) is -0.0539. The fourth-order valence-electron chi connectivity index (χ4n) is 1.40. The number of amides is 1. The Hall–Kier alpha value is -1.90. The Kier molecular flexibility index (Phi) is 2.93. The molecule has 1 aromatic rings. The van der Waals surface area contributed by atoms with Crippen molar-refractivity contribution in [2.75, 3.05) is 5.32 Å². The molecule has 0 saturated heterocycles. The highest BCUT2D eigenvalue weighted by molar-refractivity contribution is 5.96. The van der Waals surface area contributed by atoms with Crippen LogP contribution in [0.4, 0.5) is 5.69 Å². The van der Waals surface area contributed by atoms with E-state index >= 15 is 0 Å². The van der Waals surface area contributed by atoms with E-state index in [1.54, 1.807) is 6.21 Å². The number of benzene rings is 1. The van der Waals surface area contributed by atoms with Gasteiger partial charge in [0.15, 0.2) is 0 Å². The molecule has 0 fully saturated rings. The van der Waals surface area contributed by atoms with E-state index in [1.807, 2.05) is 42.5 Å². The van der Waals surface area contributed by atoms with E-state index < -0.39 is 0 Å². The molecule has 3 heteroatoms. The summed E-state index contributed by atoms with van der Waals surface area (Å²) >= 11 is 0. The third-order valence-electron chi connectivity index (χ3n) is 2.19. The predicted molar refractivity (Wildman–Crippen MR) is 61.1 cm³/mol. The van der Waals surface area contributed by atoms with Crippen molar-refractivity contribution in [1.29, 1.82) is 0 Å². The maximum atomic E-state index is 11.7. The van der Waals surface area contributed by atoms with E-state index in [0.29, 0.717) is 6.42 Å². The van der Waals surface area contributed by atoms with Crippen molar-refractivity contribution in [3.05, 3.63) is 42.5 Å². The number of dihydropyridines is 1. The van der Waals surface area contributed by atoms with Gasteiger partial charge in [0.2, 0.25) is 5.91 Å². The molecule has 0 aliphatic carbocycles. The normalized spacial score (nSPS) is 18.8. The molecule has 1 aromatic carbocycles. The van der Waals surface area contributed by atoms with Crippen molar-refractivity contribution in [3.63, 3.8) is 0 Å². The van der Waals surface area contributed by atoms with Crippen LogP contribution in [0.2, 0.25) is 0 Å². The van der Waals surface area contributed by atoms with Gasteiger partial charge in [-0.2, -0.15) is 0 Å². The number of allylic oxidation sites excluding steroid dienone is 1. The number of aliphatic imine (C=N–C) groups is 1. The molecular weight excluding hydrogens is 188 g/mol. The third-order valence-corrected chi connectivity index (χ3v) is 2.19. The standard InChI is InChI=1S/C12H12N2O/c15-12(11-8-4-5-9-13-11)14-10-6-2-1-3-7-10/h1-7,9,11H,8H2,(H,14,15). The van der Waals surface area contributed by atoms with Crippen LogP contribution in [0.5, 0.6) is 0 Å². The maximum Gasteiger partial charge on any atom is 0.249 e. The summed E-state index contributed by atoms with van der Waals surface area (Å²) in [6, 6.07) is 9.13. The summed E-state index contributed by atoms with van der Waals surface area (Å²) in [7, 11) is 0. The van der Waals surface area contributed by atoms with Crippen molar-refractivity contribution in [2.24, 2.45) is 4.99 Å². The molecule has 1 heterocycles. The molecule has 0 saturated carbocycles. The first kappa shape index (κ1) is 9.65. The summed E-state index contributed by atoms with van der Waals surface area (Å²) in [6.07, 6.45) is 6.14. The Labute approximate surface area is 88.5 Å². The van der Waals surface area contributed by atoms with Crippen molar-refractivity contribution < 1.29 is 4.79 Å². The van der Waals surface area contributed by atoms with Crippen LogP contribution in [0.3, 0.4) is 0 Å². The molecule has 1 atom stereocenters. The second kappa shape index (κ2) is 4.55. The lowest BCUT2D eigenvalue weighted by Gasteiger charge is -2.12. The van der Waals surface area contributed by atoms with Crippen LogP contribution >= 0.6 is 0 Å². The molecule has 1 aliphatic rings. The molecular formula is C12H12N2O. The molecule has 0 radical (unpaired) electrons. The number of nitrogens with zero attached hydrogens (tertiary/aromatic N) is 1. The number of hydrogen-bond donors (Lipinski definition) is 1. The van der Waals surface area contributed by atoms with E-state index in [1.165, 1.54) is 0 Å². The van der Waals surface area contributed by atoms with Crippen LogP contribution in [0, 0.1) is 0 Å². The van der Waals surface area contributed by atoms with Crippen molar-refractivity contribution in [1.82, 2.24) is 0 Å². The first-order chi connectivity index (χ1) is 7.36. The quantitative estimate of drug-likeness (QED) is 0.779. The lowest BCUT2D eigenvalue weighted by atomic mass is 10.1. The SMILES string of the molecule is O=C(Nc1ccccc1)C1CC=CC=N1. The average Bonchev–Trinajstić information content (AvgIpc) is 2.31. The van der Waals surface area contributed by atoms with E-state index in [4.69, 9.17) is 0 Å². The molecule has 0 aromatic heterocycles. The molecule has 1 N–H and O–H groups in total. The first-order valence-electron chi connectivity index (χ1n) is 4.90. The van der Waals surface area contributed by atoms with Gasteiger partial charge in [-0.05, 0) is 24.6 Å². The summed E-state index contributed by atoms with van der Waals surface area (Å²) in [5, 5.41) is 2.83. The lowest BCUT2D eigenvalue weighted by Crippen LogP contribution is -2.26. The van der Waals surface area contributed by atoms with Gasteiger partial charge >= 0.3 is 0 Å². The van der Waals surface area contributed by atoms with Gasteiger partial charge in [-0.25, -0.2) is 0 Å². The number of para-hydroxylation sites is 1. The number of nitrogens with one attached hydrogen (secondary N) is 1. The molecule has 76 valence electrons. The lowest BCUT2D eigenvalue weighted by molar-refractivity contribution is -0.117. The fraction of sp³-hybridized carbons (Fsp3) is 0.167. The Morgan fingerprint density at radius 1 is 1.33 bits per heavy atom. The zero-order chi connectivity index (χ0) is 10.5. The Balaban J connectivity index is 1.98. The number of anilines is 1. The summed E-state index contributed by atoms with van der Waals surface area (Å²) in [5.41, 5.74) is 0.812. The smallest absolute Gasteiger partial charge is 0.249 e. The topological polar surface area (TPSA) is 41.5 Å². The average molecular weight is 200 g/mol. The van der Waals surface area contributed by atoms with Gasteiger partial charge in [-0.15, -0.1) is 0 Å². The minimum atomic E-state index is -0.282. The third kappa shape index (κ3) is 2.53. The van der Waals surface area contributed by atoms with Gasteiger partial charge in [0.05, 0.1) is 0 Å². The predicted octanol–water partition coefficient (Wildman–Crippen LogP) is 2.02. The summed E-state index contributed by atoms with van der Waals surface area (Å²) in [4.78, 5) is 15.8. The summed E-state index contributed by atoms with van der Waals surface area (Å²) < 4.78 is 0. The fourth-order valence-corrected chi connectivity index (χ4v) is 1.40. The molecule has 3 nitrogen and oxygen atoms in total. The minimum Gasteiger partial charge on any atom is -0.324 e. The van der Waals surface area contributed by atoms with E-state index in [9.17, 15) is 4.79 Å². The largest absolute Gasteiger partial charge is 0.324 e. The van der Waals surface area contributed by atoms with Gasteiger partial charge in [-0.1, -0.05) is 24.3 Å². The highest BCUT2D eigenvalue weighted by Gasteiger charge is 2.16. The second-order valence-corrected chi connectivity index (χ2v) is 3.33. The number of hydrogen-bond acceptors (Lipinski definition) is 2. The number of carbonyl (C=O) groups is 1. The second-order valence-electron chi connectivity index (χ2n) is 3.33. The number of carbonyl (C=O) groups excluding carboxylic acids is 1. The van der Waals surface area contributed by atoms with Gasteiger partial charge < -0.3 is 5.32 Å². The molecule has 15 heavy (non-hydrogen) atoms. The maximum absolute atomic E-state index is 11.7. The molecule has 1 aliphatic heterocycles. The van der Waals surface area contributed by atoms with Crippen LogP contribution in [0.25, 0.3) is 0 Å². The Morgan fingerprint density at radius 2 is 2.13 bits per heavy atom. The van der Waals surface area contributed by atoms with E-state index in [-0.39, 0.29) is 11.9 Å². The highest BCUT2D eigenvalue weighted by atomic mass is 16.2. The van der Waals surface area contributed by atoms with Crippen molar-refractivity contribution >= 4 is 17.8 Å². The Morgan fingerprint density at radius 3 is 2.80 bits per heavy atom. The number of rotatable bonds is 2. The van der Waals surface area contributed by atoms with Crippen LogP contribution in [-0.2, 0) is 4.79 Å². The zero-order valence-corrected chi connectivity index (χ0v) is 8.26. The van der Waals surface area contributed by atoms with Crippen LogP contribution in [0.1, 0.15) is 6.42 Å². The highest BCUT2D eigenvalue weighted by Crippen LogP contribution is 2.09. The Bertz CT molecular complexity index is 395. The summed E-state index contributed by atoms with van der Waals surface area (Å²) in [6.45, 7) is 0. The molecule has 0 bridgehead atoms.